The van der Waals surface area contributed by atoms with E-state index in [9.17, 15) is 8.78 Å². The summed E-state index contributed by atoms with van der Waals surface area (Å²) in [5, 5.41) is 9.41. The van der Waals surface area contributed by atoms with E-state index in [2.05, 4.69) is 25.3 Å². The second kappa shape index (κ2) is 9.54. The molecule has 0 saturated heterocycles. The van der Waals surface area contributed by atoms with Crippen LogP contribution in [-0.2, 0) is 13.0 Å². The van der Waals surface area contributed by atoms with Crippen LogP contribution in [-0.4, -0.2) is 37.4 Å². The van der Waals surface area contributed by atoms with Gasteiger partial charge in [0.25, 0.3) is 0 Å². The van der Waals surface area contributed by atoms with Crippen molar-refractivity contribution in [1.29, 1.82) is 0 Å². The van der Waals surface area contributed by atoms with Crippen molar-refractivity contribution in [2.24, 2.45) is 4.99 Å². The zero-order chi connectivity index (χ0) is 19.9. The number of halogens is 2. The van der Waals surface area contributed by atoms with E-state index in [0.717, 1.165) is 17.1 Å². The number of nitrogens with zero attached hydrogens (tertiary/aromatic N) is 2. The summed E-state index contributed by atoms with van der Waals surface area (Å²) in [4.78, 5) is 8.89. The maximum atomic E-state index is 12.7. The number of aromatic nitrogens is 1. The first-order valence-electron chi connectivity index (χ1n) is 8.85. The molecule has 28 heavy (non-hydrogen) atoms. The average Bonchev–Trinajstić information content (AvgIpc) is 3.27. The molecule has 0 atom stereocenters. The molecule has 0 unspecified atom stereocenters. The third kappa shape index (κ3) is 5.44. The van der Waals surface area contributed by atoms with Crippen LogP contribution in [0.15, 0.2) is 22.5 Å². The highest BCUT2D eigenvalue weighted by molar-refractivity contribution is 7.09. The highest BCUT2D eigenvalue weighted by Gasteiger charge is 2.20. The minimum atomic E-state index is -2.93. The average molecular weight is 412 g/mol. The number of hydrogen-bond donors (Lipinski definition) is 2. The molecule has 1 aromatic heterocycles. The second-order valence-corrected chi connectivity index (χ2v) is 6.98. The van der Waals surface area contributed by atoms with Crippen molar-refractivity contribution in [3.63, 3.8) is 0 Å². The van der Waals surface area contributed by atoms with Gasteiger partial charge in [0.15, 0.2) is 17.5 Å². The van der Waals surface area contributed by atoms with Crippen molar-refractivity contribution in [3.8, 4) is 17.2 Å². The Bertz CT molecular complexity index is 829. The molecule has 152 valence electrons. The first-order valence-corrected chi connectivity index (χ1v) is 9.73. The summed E-state index contributed by atoms with van der Waals surface area (Å²) >= 11 is 1.62. The number of nitrogens with one attached hydrogen (secondary N) is 2. The largest absolute Gasteiger partial charge is 0.454 e. The number of aryl methyl sites for hydroxylation is 1. The molecule has 3 rings (SSSR count). The zero-order valence-electron chi connectivity index (χ0n) is 15.6. The Balaban J connectivity index is 1.67. The number of hydrogen-bond acceptors (Lipinski definition) is 6. The van der Waals surface area contributed by atoms with Crippen LogP contribution in [0, 0.1) is 6.92 Å². The Labute approximate surface area is 165 Å². The number of thiazole rings is 1. The van der Waals surface area contributed by atoms with E-state index < -0.39 is 6.61 Å². The van der Waals surface area contributed by atoms with Crippen LogP contribution in [0.3, 0.4) is 0 Å². The number of benzene rings is 1. The van der Waals surface area contributed by atoms with E-state index in [1.54, 1.807) is 17.4 Å². The lowest BCUT2D eigenvalue weighted by molar-refractivity contribution is -0.0505. The molecule has 0 fully saturated rings. The van der Waals surface area contributed by atoms with Gasteiger partial charge in [-0.05, 0) is 19.9 Å². The van der Waals surface area contributed by atoms with Crippen LogP contribution in [0.2, 0.25) is 0 Å². The quantitative estimate of drug-likeness (QED) is 0.513. The number of guanidine groups is 1. The second-order valence-electron chi connectivity index (χ2n) is 5.92. The standard InChI is InChI=1S/C18H22F2N4O3S/c1-3-21-18(22-5-4-13-9-28-11(2)24-13)23-8-12-6-15-16(26-10-25-15)7-14(12)27-17(19)20/h6-7,9,17H,3-5,8,10H2,1-2H3,(H2,21,22,23). The third-order valence-corrected chi connectivity index (χ3v) is 4.69. The number of fused-ring (bicyclic) bond motifs is 1. The van der Waals surface area contributed by atoms with Crippen LogP contribution in [0.4, 0.5) is 8.78 Å². The minimum absolute atomic E-state index is 0.0248. The molecule has 1 aliphatic heterocycles. The number of alkyl halides is 2. The van der Waals surface area contributed by atoms with E-state index in [0.29, 0.717) is 36.1 Å². The molecule has 2 aromatic rings. The van der Waals surface area contributed by atoms with Gasteiger partial charge in [-0.1, -0.05) is 0 Å². The fraction of sp³-hybridized carbons (Fsp3) is 0.444. The van der Waals surface area contributed by atoms with Crippen LogP contribution >= 0.6 is 11.3 Å². The van der Waals surface area contributed by atoms with Gasteiger partial charge in [0.2, 0.25) is 6.79 Å². The summed E-state index contributed by atoms with van der Waals surface area (Å²) in [6, 6.07) is 3.02. The number of aliphatic imine (C=N–C) groups is 1. The van der Waals surface area contributed by atoms with Crippen LogP contribution < -0.4 is 24.8 Å². The molecule has 0 amide bonds. The Kier molecular flexibility index (Phi) is 6.85. The third-order valence-electron chi connectivity index (χ3n) is 3.86. The summed E-state index contributed by atoms with van der Waals surface area (Å²) in [6.45, 7) is 2.50. The van der Waals surface area contributed by atoms with Crippen molar-refractivity contribution < 1.29 is 23.0 Å². The highest BCUT2D eigenvalue weighted by Crippen LogP contribution is 2.39. The SMILES string of the molecule is CCNC(=NCc1cc2c(cc1OC(F)F)OCO2)NCCc1csc(C)n1. The van der Waals surface area contributed by atoms with Gasteiger partial charge in [0.1, 0.15) is 5.75 Å². The molecule has 10 heteroatoms. The Hall–Kier alpha value is -2.62. The molecule has 2 heterocycles. The first-order chi connectivity index (χ1) is 13.5. The molecule has 0 radical (unpaired) electrons. The van der Waals surface area contributed by atoms with E-state index in [1.165, 1.54) is 6.07 Å². The molecule has 0 saturated carbocycles. The van der Waals surface area contributed by atoms with E-state index in [-0.39, 0.29) is 19.1 Å². The van der Waals surface area contributed by atoms with E-state index >= 15 is 0 Å². The molecule has 1 aromatic carbocycles. The highest BCUT2D eigenvalue weighted by atomic mass is 32.1. The molecule has 0 spiro atoms. The van der Waals surface area contributed by atoms with Gasteiger partial charge in [0, 0.05) is 36.5 Å². The first kappa shape index (κ1) is 20.1. The lowest BCUT2D eigenvalue weighted by Crippen LogP contribution is -2.38. The van der Waals surface area contributed by atoms with Gasteiger partial charge in [-0.3, -0.25) is 0 Å². The lowest BCUT2D eigenvalue weighted by Gasteiger charge is -2.13. The Morgan fingerprint density at radius 1 is 1.32 bits per heavy atom. The summed E-state index contributed by atoms with van der Waals surface area (Å²) in [5.41, 5.74) is 1.51. The van der Waals surface area contributed by atoms with Gasteiger partial charge in [-0.15, -0.1) is 11.3 Å². The van der Waals surface area contributed by atoms with E-state index in [1.807, 2.05) is 19.2 Å². The van der Waals surface area contributed by atoms with E-state index in [4.69, 9.17) is 9.47 Å². The molecule has 2 N–H and O–H groups in total. The normalized spacial score (nSPS) is 13.1. The maximum Gasteiger partial charge on any atom is 0.387 e. The van der Waals surface area contributed by atoms with Crippen LogP contribution in [0.1, 0.15) is 23.2 Å². The molecule has 1 aliphatic rings. The van der Waals surface area contributed by atoms with Gasteiger partial charge >= 0.3 is 6.61 Å². The molecule has 7 nitrogen and oxygen atoms in total. The van der Waals surface area contributed by atoms with Gasteiger partial charge in [0.05, 0.1) is 17.2 Å². The predicted octanol–water partition coefficient (Wildman–Crippen LogP) is 3.08. The fourth-order valence-electron chi connectivity index (χ4n) is 2.63. The molecule has 0 aliphatic carbocycles. The van der Waals surface area contributed by atoms with Gasteiger partial charge in [-0.25, -0.2) is 9.98 Å². The van der Waals surface area contributed by atoms with Crippen molar-refractivity contribution in [1.82, 2.24) is 15.6 Å². The van der Waals surface area contributed by atoms with Crippen molar-refractivity contribution in [2.75, 3.05) is 19.9 Å². The van der Waals surface area contributed by atoms with Gasteiger partial charge in [-0.2, -0.15) is 8.78 Å². The Morgan fingerprint density at radius 3 is 2.79 bits per heavy atom. The smallest absolute Gasteiger partial charge is 0.387 e. The zero-order valence-corrected chi connectivity index (χ0v) is 16.4. The Morgan fingerprint density at radius 2 is 2.11 bits per heavy atom. The topological polar surface area (TPSA) is 77.0 Å². The summed E-state index contributed by atoms with van der Waals surface area (Å²) in [7, 11) is 0. The fourth-order valence-corrected chi connectivity index (χ4v) is 3.28. The summed E-state index contributed by atoms with van der Waals surface area (Å²) < 4.78 is 40.6. The molecular weight excluding hydrogens is 390 g/mol. The van der Waals surface area contributed by atoms with Crippen LogP contribution in [0.5, 0.6) is 17.2 Å². The summed E-state index contributed by atoms with van der Waals surface area (Å²) in [5.74, 6) is 1.47. The summed E-state index contributed by atoms with van der Waals surface area (Å²) in [6.07, 6.45) is 0.762. The minimum Gasteiger partial charge on any atom is -0.454 e. The van der Waals surface area contributed by atoms with Gasteiger partial charge < -0.3 is 24.8 Å². The van der Waals surface area contributed by atoms with Crippen molar-refractivity contribution in [2.45, 2.75) is 33.4 Å². The van der Waals surface area contributed by atoms with Crippen LogP contribution in [0.25, 0.3) is 0 Å². The van der Waals surface area contributed by atoms with Crippen molar-refractivity contribution >= 4 is 17.3 Å². The monoisotopic (exact) mass is 412 g/mol. The number of ether oxygens (including phenoxy) is 3. The maximum absolute atomic E-state index is 12.7. The van der Waals surface area contributed by atoms with Crippen molar-refractivity contribution in [3.05, 3.63) is 33.8 Å². The molecule has 0 bridgehead atoms. The predicted molar refractivity (Wildman–Crippen MR) is 103 cm³/mol. The molecular formula is C18H22F2N4O3S. The lowest BCUT2D eigenvalue weighted by atomic mass is 10.1. The number of rotatable bonds is 8.